The monoisotopic (exact) mass is 654 g/mol. The maximum Gasteiger partial charge on any atom is 0.337 e. The summed E-state index contributed by atoms with van der Waals surface area (Å²) >= 11 is 0. The van der Waals surface area contributed by atoms with Crippen LogP contribution in [0, 0.1) is 23.7 Å². The number of carbonyl (C=O) groups is 2. The smallest absolute Gasteiger partial charge is 0.337 e. The number of allylic oxidation sites excluding steroid dienone is 2. The van der Waals surface area contributed by atoms with E-state index in [2.05, 4.69) is 11.4 Å². The zero-order valence-corrected chi connectivity index (χ0v) is 26.6. The van der Waals surface area contributed by atoms with Gasteiger partial charge in [-0.15, -0.1) is 0 Å². The molecule has 6 N–H and O–H groups in total. The van der Waals surface area contributed by atoms with Crippen LogP contribution in [0.3, 0.4) is 0 Å². The Labute approximate surface area is 269 Å². The van der Waals surface area contributed by atoms with E-state index in [1.165, 1.54) is 18.9 Å². The van der Waals surface area contributed by atoms with Crippen LogP contribution in [0.25, 0.3) is 0 Å². The third-order valence-corrected chi connectivity index (χ3v) is 9.19. The molecule has 260 valence electrons. The number of nitrogens with zero attached hydrogens (tertiary/aromatic N) is 1. The first-order valence-corrected chi connectivity index (χ1v) is 16.1. The Morgan fingerprint density at radius 2 is 1.85 bits per heavy atom. The van der Waals surface area contributed by atoms with E-state index < -0.39 is 73.3 Å². The van der Waals surface area contributed by atoms with Gasteiger partial charge in [-0.1, -0.05) is 30.2 Å². The second-order valence-electron chi connectivity index (χ2n) is 12.4. The average Bonchev–Trinajstić information content (AvgIpc) is 3.06. The SMILES string of the molecule is CNCO[C@@H]1[C@H](O[C@H]2OC=C(C(=O)OC)[C@@H](C=CC3CC(C(=O)O)CN(CCO)C3)[C@H]2C=C2CCCCC2)O[C@H](CO)[C@@H](O)[C@@H]1O. The third kappa shape index (κ3) is 9.14. The normalized spacial score (nSPS) is 35.8. The van der Waals surface area contributed by atoms with Crippen LogP contribution in [-0.4, -0.2) is 133 Å². The number of β-amino-alcohol motifs (C(OH)–C–C–N with tert-alkyl or cyclic N) is 1. The van der Waals surface area contributed by atoms with Crippen LogP contribution >= 0.6 is 0 Å². The fraction of sp³-hybridized carbons (Fsp3) is 0.750. The number of likely N-dealkylation sites (tertiary alicyclic amines) is 1. The predicted octanol–water partition coefficient (Wildman–Crippen LogP) is 0.111. The maximum absolute atomic E-state index is 13.1. The van der Waals surface area contributed by atoms with Crippen LogP contribution in [0.4, 0.5) is 0 Å². The van der Waals surface area contributed by atoms with E-state index in [4.69, 9.17) is 23.7 Å². The van der Waals surface area contributed by atoms with Gasteiger partial charge in [-0.2, -0.15) is 0 Å². The van der Waals surface area contributed by atoms with Crippen molar-refractivity contribution in [3.8, 4) is 0 Å². The van der Waals surface area contributed by atoms with E-state index in [-0.39, 0.29) is 24.8 Å². The minimum Gasteiger partial charge on any atom is -0.481 e. The summed E-state index contributed by atoms with van der Waals surface area (Å²) < 4.78 is 29.1. The average molecular weight is 655 g/mol. The van der Waals surface area contributed by atoms with Crippen molar-refractivity contribution in [1.82, 2.24) is 10.2 Å². The molecule has 0 aromatic heterocycles. The van der Waals surface area contributed by atoms with Gasteiger partial charge in [0.25, 0.3) is 0 Å². The van der Waals surface area contributed by atoms with Crippen LogP contribution in [-0.2, 0) is 33.3 Å². The number of piperidine rings is 1. The van der Waals surface area contributed by atoms with Crippen LogP contribution in [0.15, 0.2) is 35.6 Å². The van der Waals surface area contributed by atoms with Gasteiger partial charge in [0.2, 0.25) is 6.29 Å². The molecule has 0 bridgehead atoms. The Kier molecular flexibility index (Phi) is 14.0. The molecule has 2 unspecified atom stereocenters. The van der Waals surface area contributed by atoms with Gasteiger partial charge in [-0.05, 0) is 45.1 Å². The summed E-state index contributed by atoms with van der Waals surface area (Å²) in [5.74, 6) is -3.41. The summed E-state index contributed by atoms with van der Waals surface area (Å²) in [7, 11) is 2.94. The van der Waals surface area contributed by atoms with Crippen molar-refractivity contribution in [3.05, 3.63) is 35.6 Å². The number of aliphatic hydroxyl groups excluding tert-OH is 4. The minimum absolute atomic E-state index is 0.0181. The quantitative estimate of drug-likeness (QED) is 0.0889. The lowest BCUT2D eigenvalue weighted by Crippen LogP contribution is -2.61. The number of aliphatic hydroxyl groups is 4. The van der Waals surface area contributed by atoms with Crippen molar-refractivity contribution in [2.24, 2.45) is 23.7 Å². The summed E-state index contributed by atoms with van der Waals surface area (Å²) in [6, 6.07) is 0. The summed E-state index contributed by atoms with van der Waals surface area (Å²) in [6.07, 6.45) is 5.08. The maximum atomic E-state index is 13.1. The highest BCUT2D eigenvalue weighted by Gasteiger charge is 2.49. The standard InChI is InChI=1S/C32H50N2O12/c1-33-18-44-28-27(38)26(37)25(16-36)45-32(28)46-31-23(13-19-6-4-3-5-7-19)22(24(17-43-31)30(41)42-2)9-8-20-12-21(29(39)40)15-34(14-20)10-11-35/h8-9,13,17,20-23,25-28,31-33,35-38H,3-7,10-12,14-16,18H2,1-2H3,(H,39,40)/t20?,21?,22-,23+,25+,26+,27-,28-,31+,32-/m0/s1. The lowest BCUT2D eigenvalue weighted by atomic mass is 9.79. The van der Waals surface area contributed by atoms with Crippen LogP contribution in [0.5, 0.6) is 0 Å². The van der Waals surface area contributed by atoms with Crippen molar-refractivity contribution in [3.63, 3.8) is 0 Å². The molecule has 0 spiro atoms. The molecule has 10 atom stereocenters. The van der Waals surface area contributed by atoms with Crippen LogP contribution < -0.4 is 5.32 Å². The lowest BCUT2D eigenvalue weighted by Gasteiger charge is -2.44. The first-order chi connectivity index (χ1) is 22.2. The van der Waals surface area contributed by atoms with Gasteiger partial charge in [0.1, 0.15) is 24.4 Å². The van der Waals surface area contributed by atoms with Crippen molar-refractivity contribution < 1.29 is 58.8 Å². The summed E-state index contributed by atoms with van der Waals surface area (Å²) in [6.45, 7) is 0.623. The highest BCUT2D eigenvalue weighted by molar-refractivity contribution is 5.89. The van der Waals surface area contributed by atoms with Crippen LogP contribution in [0.2, 0.25) is 0 Å². The number of esters is 1. The number of methoxy groups -OCH3 is 1. The second kappa shape index (κ2) is 17.7. The molecule has 1 saturated carbocycles. The minimum atomic E-state index is -1.43. The first kappa shape index (κ1) is 36.4. The highest BCUT2D eigenvalue weighted by atomic mass is 16.8. The molecule has 3 aliphatic heterocycles. The molecule has 14 heteroatoms. The third-order valence-electron chi connectivity index (χ3n) is 9.19. The summed E-state index contributed by atoms with van der Waals surface area (Å²) in [4.78, 5) is 26.9. The van der Waals surface area contributed by atoms with Crippen molar-refractivity contribution in [1.29, 1.82) is 0 Å². The molecule has 3 fully saturated rings. The van der Waals surface area contributed by atoms with Gasteiger partial charge in [0.15, 0.2) is 6.29 Å². The molecule has 3 heterocycles. The highest BCUT2D eigenvalue weighted by Crippen LogP contribution is 2.39. The van der Waals surface area contributed by atoms with Crippen molar-refractivity contribution in [2.75, 3.05) is 53.7 Å². The number of hydrogen-bond donors (Lipinski definition) is 6. The number of carboxylic acids is 1. The fourth-order valence-electron chi connectivity index (χ4n) is 6.78. The Balaban J connectivity index is 1.69. The van der Waals surface area contributed by atoms with E-state index in [1.807, 2.05) is 17.1 Å². The Morgan fingerprint density at radius 1 is 1.09 bits per heavy atom. The molecule has 0 radical (unpaired) electrons. The van der Waals surface area contributed by atoms with Crippen LogP contribution in [0.1, 0.15) is 38.5 Å². The predicted molar refractivity (Wildman–Crippen MR) is 163 cm³/mol. The van der Waals surface area contributed by atoms with Crippen molar-refractivity contribution >= 4 is 11.9 Å². The molecular formula is C32H50N2O12. The number of ether oxygens (including phenoxy) is 5. The topological polar surface area (TPSA) is 197 Å². The van der Waals surface area contributed by atoms with E-state index in [0.29, 0.717) is 26.1 Å². The summed E-state index contributed by atoms with van der Waals surface area (Å²) in [5.41, 5.74) is 1.44. The number of carbonyl (C=O) groups excluding carboxylic acids is 1. The second-order valence-corrected chi connectivity index (χ2v) is 12.4. The van der Waals surface area contributed by atoms with Gasteiger partial charge < -0.3 is 49.2 Å². The fourth-order valence-corrected chi connectivity index (χ4v) is 6.78. The molecule has 14 nitrogen and oxygen atoms in total. The Morgan fingerprint density at radius 3 is 2.50 bits per heavy atom. The largest absolute Gasteiger partial charge is 0.481 e. The zero-order chi connectivity index (χ0) is 33.2. The zero-order valence-electron chi connectivity index (χ0n) is 26.6. The molecule has 0 aromatic carbocycles. The Bertz CT molecular complexity index is 1090. The number of rotatable bonds is 13. The molecule has 4 aliphatic rings. The van der Waals surface area contributed by atoms with Gasteiger partial charge in [-0.3, -0.25) is 15.0 Å². The number of aliphatic carboxylic acids is 1. The van der Waals surface area contributed by atoms with Gasteiger partial charge >= 0.3 is 11.9 Å². The Hall–Kier alpha value is -2.40. The van der Waals surface area contributed by atoms with Gasteiger partial charge in [0, 0.05) is 25.6 Å². The molecule has 46 heavy (non-hydrogen) atoms. The van der Waals surface area contributed by atoms with Gasteiger partial charge in [-0.25, -0.2) is 4.79 Å². The van der Waals surface area contributed by atoms with E-state index in [0.717, 1.165) is 32.1 Å². The number of nitrogens with one attached hydrogen (secondary N) is 1. The van der Waals surface area contributed by atoms with E-state index >= 15 is 0 Å². The molecule has 0 aromatic rings. The van der Waals surface area contributed by atoms with Gasteiger partial charge in [0.05, 0.1) is 50.7 Å². The number of carboxylic acid groups (broad SMARTS) is 1. The molecule has 0 amide bonds. The molecule has 1 aliphatic carbocycles. The first-order valence-electron chi connectivity index (χ1n) is 16.1. The van der Waals surface area contributed by atoms with E-state index in [9.17, 15) is 35.1 Å². The molecule has 4 rings (SSSR count). The van der Waals surface area contributed by atoms with Crippen molar-refractivity contribution in [2.45, 2.75) is 75.5 Å². The molecule has 2 saturated heterocycles. The van der Waals surface area contributed by atoms with E-state index in [1.54, 1.807) is 7.05 Å². The number of hydrogen-bond acceptors (Lipinski definition) is 13. The molecular weight excluding hydrogens is 604 g/mol. The lowest BCUT2D eigenvalue weighted by molar-refractivity contribution is -0.345. The summed E-state index contributed by atoms with van der Waals surface area (Å²) in [5, 5.41) is 53.3.